The standard InChI is InChI=1S/C32H37ClN2O3/c1-29(2)16-20-15-23-26(36)27(37)24(35(4)5)17-31(23)11-12-32(20,38-31)25-9-8-22(30(25,29)3)19-7-6-18-10-13-34-28(33)21(18)14-19/h6-8,10,13-16,24-27,36-37H,9,11-12,17H2,1-5H3/t24-,25?,26+,27+,30+,31+,32+/m0/s1. The molecule has 38 heavy (non-hydrogen) atoms. The van der Waals surface area contributed by atoms with Crippen LogP contribution >= 0.6 is 11.6 Å². The molecule has 6 heteroatoms. The van der Waals surface area contributed by atoms with Crippen molar-refractivity contribution in [1.82, 2.24) is 9.88 Å². The molecule has 2 fully saturated rings. The smallest absolute Gasteiger partial charge is 0.136 e. The van der Waals surface area contributed by atoms with Gasteiger partial charge in [-0.25, -0.2) is 4.98 Å². The van der Waals surface area contributed by atoms with Crippen molar-refractivity contribution in [2.24, 2.45) is 16.7 Å². The van der Waals surface area contributed by atoms with E-state index in [4.69, 9.17) is 16.3 Å². The van der Waals surface area contributed by atoms with Gasteiger partial charge in [-0.15, -0.1) is 0 Å². The minimum Gasteiger partial charge on any atom is -0.388 e. The Labute approximate surface area is 229 Å². The van der Waals surface area contributed by atoms with Gasteiger partial charge in [-0.3, -0.25) is 0 Å². The van der Waals surface area contributed by atoms with Crippen molar-refractivity contribution >= 4 is 27.9 Å². The molecule has 1 unspecified atom stereocenters. The number of rotatable bonds is 2. The number of fused-ring (bicyclic) bond motifs is 2. The number of benzene rings is 1. The van der Waals surface area contributed by atoms with Crippen LogP contribution < -0.4 is 0 Å². The zero-order chi connectivity index (χ0) is 26.8. The van der Waals surface area contributed by atoms with Crippen molar-refractivity contribution < 1.29 is 14.9 Å². The molecule has 0 amide bonds. The second kappa shape index (κ2) is 7.80. The molecule has 7 rings (SSSR count). The molecule has 3 heterocycles. The number of allylic oxidation sites excluding steroid dienone is 3. The lowest BCUT2D eigenvalue weighted by Gasteiger charge is -2.60. The first-order valence-corrected chi connectivity index (χ1v) is 14.2. The quantitative estimate of drug-likeness (QED) is 0.497. The van der Waals surface area contributed by atoms with Crippen LogP contribution in [-0.2, 0) is 4.74 Å². The van der Waals surface area contributed by atoms with E-state index in [9.17, 15) is 10.2 Å². The third-order valence-electron chi connectivity index (χ3n) is 11.1. The molecule has 1 saturated carbocycles. The van der Waals surface area contributed by atoms with Gasteiger partial charge in [0.1, 0.15) is 11.3 Å². The van der Waals surface area contributed by atoms with Crippen molar-refractivity contribution in [2.45, 2.75) is 75.9 Å². The molecule has 1 aromatic heterocycles. The molecule has 3 aliphatic carbocycles. The molecular formula is C32H37ClN2O3. The van der Waals surface area contributed by atoms with Crippen molar-refractivity contribution in [1.29, 1.82) is 0 Å². The molecule has 5 aliphatic rings. The minimum atomic E-state index is -0.919. The molecule has 7 atom stereocenters. The highest BCUT2D eigenvalue weighted by Crippen LogP contribution is 2.71. The molecule has 2 bridgehead atoms. The summed E-state index contributed by atoms with van der Waals surface area (Å²) in [7, 11) is 3.95. The van der Waals surface area contributed by atoms with E-state index in [0.717, 1.165) is 35.6 Å². The summed E-state index contributed by atoms with van der Waals surface area (Å²) in [6.45, 7) is 7.08. The SMILES string of the molecule is CN(C)[C@H]1C[C@@]23CC[C@@]4(O2)C(=CC(C)(C)[C@]2(C)C(c5ccc6ccnc(Cl)c6c5)=CCC42)C=C3[C@@H](O)[C@@H]1O. The lowest BCUT2D eigenvalue weighted by atomic mass is 9.49. The zero-order valence-electron chi connectivity index (χ0n) is 22.8. The number of aromatic nitrogens is 1. The fraction of sp³-hybridized carbons (Fsp3) is 0.531. The average molecular weight is 533 g/mol. The van der Waals surface area contributed by atoms with Crippen LogP contribution in [0.2, 0.25) is 5.15 Å². The van der Waals surface area contributed by atoms with Crippen molar-refractivity contribution in [2.75, 3.05) is 14.1 Å². The van der Waals surface area contributed by atoms with Gasteiger partial charge >= 0.3 is 0 Å². The minimum absolute atomic E-state index is 0.150. The molecule has 2 spiro atoms. The first kappa shape index (κ1) is 25.0. The number of ether oxygens (including phenoxy) is 1. The molecule has 2 aromatic rings. The maximum atomic E-state index is 11.3. The van der Waals surface area contributed by atoms with Crippen LogP contribution in [-0.4, -0.2) is 63.6 Å². The Balaban J connectivity index is 1.36. The van der Waals surface area contributed by atoms with E-state index >= 15 is 0 Å². The van der Waals surface area contributed by atoms with Crippen LogP contribution in [0.4, 0.5) is 0 Å². The van der Waals surface area contributed by atoms with Gasteiger partial charge in [0, 0.05) is 29.0 Å². The Hall–Kier alpha value is -2.02. The van der Waals surface area contributed by atoms with Crippen molar-refractivity contribution in [3.05, 3.63) is 70.6 Å². The van der Waals surface area contributed by atoms with E-state index in [0.29, 0.717) is 11.6 Å². The fourth-order valence-electron chi connectivity index (χ4n) is 8.81. The summed E-state index contributed by atoms with van der Waals surface area (Å²) in [4.78, 5) is 6.35. The Morgan fingerprint density at radius 1 is 1.11 bits per heavy atom. The zero-order valence-corrected chi connectivity index (χ0v) is 23.6. The Bertz CT molecular complexity index is 1460. The maximum Gasteiger partial charge on any atom is 0.136 e. The number of pyridine rings is 1. The second-order valence-corrected chi connectivity index (χ2v) is 13.6. The van der Waals surface area contributed by atoms with E-state index in [1.165, 1.54) is 16.7 Å². The third-order valence-corrected chi connectivity index (χ3v) is 11.4. The molecule has 0 radical (unpaired) electrons. The number of halogens is 1. The average Bonchev–Trinajstić information content (AvgIpc) is 3.40. The highest BCUT2D eigenvalue weighted by Gasteiger charge is 2.70. The van der Waals surface area contributed by atoms with Crippen LogP contribution in [0.25, 0.3) is 16.3 Å². The van der Waals surface area contributed by atoms with Crippen LogP contribution in [0.3, 0.4) is 0 Å². The van der Waals surface area contributed by atoms with E-state index < -0.39 is 23.4 Å². The van der Waals surface area contributed by atoms with Gasteiger partial charge in [0.25, 0.3) is 0 Å². The molecule has 2 aliphatic heterocycles. The van der Waals surface area contributed by atoms with Gasteiger partial charge in [0.2, 0.25) is 0 Å². The van der Waals surface area contributed by atoms with Gasteiger partial charge in [-0.05, 0) is 85.0 Å². The third kappa shape index (κ3) is 2.95. The summed E-state index contributed by atoms with van der Waals surface area (Å²) in [5.41, 5.74) is 3.34. The van der Waals surface area contributed by atoms with Gasteiger partial charge in [0.15, 0.2) is 0 Å². The summed E-state index contributed by atoms with van der Waals surface area (Å²) in [5.74, 6) is 0.263. The first-order valence-electron chi connectivity index (χ1n) is 13.9. The van der Waals surface area contributed by atoms with Crippen LogP contribution in [0.15, 0.2) is 59.8 Å². The molecule has 1 saturated heterocycles. The predicted octanol–water partition coefficient (Wildman–Crippen LogP) is 5.55. The lowest BCUT2D eigenvalue weighted by molar-refractivity contribution is -0.170. The second-order valence-electron chi connectivity index (χ2n) is 13.2. The Kier molecular flexibility index (Phi) is 5.12. The first-order chi connectivity index (χ1) is 17.9. The van der Waals surface area contributed by atoms with E-state index in [1.807, 2.05) is 25.1 Å². The summed E-state index contributed by atoms with van der Waals surface area (Å²) < 4.78 is 7.33. The summed E-state index contributed by atoms with van der Waals surface area (Å²) in [6.07, 6.45) is 10.5. The summed E-state index contributed by atoms with van der Waals surface area (Å²) >= 11 is 6.52. The van der Waals surface area contributed by atoms with E-state index in [2.05, 4.69) is 62.2 Å². The van der Waals surface area contributed by atoms with Gasteiger partial charge in [-0.1, -0.05) is 62.7 Å². The van der Waals surface area contributed by atoms with Gasteiger partial charge < -0.3 is 19.8 Å². The number of hydrogen-bond acceptors (Lipinski definition) is 5. The van der Waals surface area contributed by atoms with Crippen molar-refractivity contribution in [3.63, 3.8) is 0 Å². The summed E-state index contributed by atoms with van der Waals surface area (Å²) in [5, 5.41) is 24.9. The Morgan fingerprint density at radius 2 is 1.89 bits per heavy atom. The highest BCUT2D eigenvalue weighted by atomic mass is 35.5. The van der Waals surface area contributed by atoms with Crippen LogP contribution in [0, 0.1) is 16.7 Å². The van der Waals surface area contributed by atoms with Gasteiger partial charge in [0.05, 0.1) is 17.3 Å². The van der Waals surface area contributed by atoms with Crippen LogP contribution in [0.5, 0.6) is 0 Å². The highest BCUT2D eigenvalue weighted by molar-refractivity contribution is 6.34. The van der Waals surface area contributed by atoms with Crippen molar-refractivity contribution in [3.8, 4) is 0 Å². The molecule has 2 N–H and O–H groups in total. The van der Waals surface area contributed by atoms with E-state index in [1.54, 1.807) is 6.20 Å². The molecular weight excluding hydrogens is 496 g/mol. The topological polar surface area (TPSA) is 65.8 Å². The van der Waals surface area contributed by atoms with Crippen LogP contribution in [0.1, 0.15) is 52.0 Å². The maximum absolute atomic E-state index is 11.3. The number of nitrogens with zero attached hydrogens (tertiary/aromatic N) is 2. The fourth-order valence-corrected chi connectivity index (χ4v) is 9.03. The number of likely N-dealkylation sites (N-methyl/N-ethyl adjacent to an activating group) is 1. The van der Waals surface area contributed by atoms with E-state index in [-0.39, 0.29) is 22.8 Å². The normalized spacial score (nSPS) is 40.8. The summed E-state index contributed by atoms with van der Waals surface area (Å²) in [6, 6.07) is 8.43. The largest absolute Gasteiger partial charge is 0.388 e. The molecule has 1 aromatic carbocycles. The Morgan fingerprint density at radius 3 is 2.66 bits per heavy atom. The number of aliphatic hydroxyl groups excluding tert-OH is 2. The molecule has 5 nitrogen and oxygen atoms in total. The number of hydrogen-bond donors (Lipinski definition) is 2. The predicted molar refractivity (Wildman–Crippen MR) is 151 cm³/mol. The monoisotopic (exact) mass is 532 g/mol. The molecule has 200 valence electrons. The lowest BCUT2D eigenvalue weighted by Crippen LogP contribution is -2.63. The number of aliphatic hydroxyl groups is 2. The van der Waals surface area contributed by atoms with Gasteiger partial charge in [-0.2, -0.15) is 0 Å².